The zero-order valence-electron chi connectivity index (χ0n) is 18.3. The smallest absolute Gasteiger partial charge is 0.417 e. The lowest BCUT2D eigenvalue weighted by molar-refractivity contribution is -0.137. The summed E-state index contributed by atoms with van der Waals surface area (Å²) in [4.78, 5) is 20.7. The van der Waals surface area contributed by atoms with Gasteiger partial charge in [0.2, 0.25) is 0 Å². The zero-order chi connectivity index (χ0) is 24.1. The van der Waals surface area contributed by atoms with Gasteiger partial charge < -0.3 is 19.8 Å². The summed E-state index contributed by atoms with van der Waals surface area (Å²) in [6.07, 6.45) is 0.222. The van der Waals surface area contributed by atoms with Gasteiger partial charge in [-0.2, -0.15) is 13.2 Å². The number of rotatable bonds is 8. The normalized spacial score (nSPS) is 11.4. The number of nitrogens with zero attached hydrogens (tertiary/aromatic N) is 3. The summed E-state index contributed by atoms with van der Waals surface area (Å²) in [5, 5.41) is 5.62. The summed E-state index contributed by atoms with van der Waals surface area (Å²) in [5.41, 5.74) is 2.34. The maximum absolute atomic E-state index is 12.6. The molecule has 3 aromatic heterocycles. The summed E-state index contributed by atoms with van der Waals surface area (Å²) in [6, 6.07) is 12.9. The van der Waals surface area contributed by atoms with Crippen molar-refractivity contribution < 1.29 is 22.7 Å². The molecule has 0 saturated heterocycles. The molecule has 0 aliphatic carbocycles. The Kier molecular flexibility index (Phi) is 6.67. The quantitative estimate of drug-likeness (QED) is 0.372. The van der Waals surface area contributed by atoms with Crippen LogP contribution < -0.4 is 15.4 Å². The Morgan fingerprint density at radius 3 is 2.71 bits per heavy atom. The fourth-order valence-electron chi connectivity index (χ4n) is 3.24. The lowest BCUT2D eigenvalue weighted by atomic mass is 10.2. The van der Waals surface area contributed by atoms with Crippen LogP contribution in [0, 0.1) is 6.92 Å². The van der Waals surface area contributed by atoms with Crippen molar-refractivity contribution in [2.45, 2.75) is 19.7 Å². The minimum Gasteiger partial charge on any atom is -0.487 e. The first-order valence-electron chi connectivity index (χ1n) is 10.5. The number of carbonyl (C=O) groups excluding carboxylic acids is 1. The Balaban J connectivity index is 1.26. The van der Waals surface area contributed by atoms with E-state index >= 15 is 0 Å². The number of carbonyl (C=O) groups is 1. The molecular weight excluding hydrogens is 447 g/mol. The fraction of sp³-hybridized carbons (Fsp3) is 0.208. The molecule has 0 radical (unpaired) electrons. The number of nitrogens with one attached hydrogen (secondary N) is 2. The van der Waals surface area contributed by atoms with Gasteiger partial charge in [-0.3, -0.25) is 4.79 Å². The number of pyridine rings is 2. The summed E-state index contributed by atoms with van der Waals surface area (Å²) >= 11 is 0. The molecule has 0 fully saturated rings. The van der Waals surface area contributed by atoms with Gasteiger partial charge in [-0.15, -0.1) is 0 Å². The molecule has 2 N–H and O–H groups in total. The van der Waals surface area contributed by atoms with Crippen LogP contribution in [0.5, 0.6) is 5.75 Å². The van der Waals surface area contributed by atoms with Crippen LogP contribution in [-0.4, -0.2) is 33.4 Å². The highest BCUT2D eigenvalue weighted by Crippen LogP contribution is 2.28. The standard InChI is InChI=1S/C24H22F3N5O2/c1-16-5-8-22-31-19(14-32(22)13-16)15-34-20-4-2-3-17(11-20)23(33)29-10-9-28-21-7-6-18(12-30-21)24(25,26)27/h2-8,11-14H,9-10,15H2,1H3,(H,28,30)(H,29,33). The Morgan fingerprint density at radius 2 is 1.94 bits per heavy atom. The number of alkyl halides is 3. The van der Waals surface area contributed by atoms with Crippen molar-refractivity contribution in [3.05, 3.63) is 89.5 Å². The lowest BCUT2D eigenvalue weighted by Gasteiger charge is -2.10. The second kappa shape index (κ2) is 9.82. The third kappa shape index (κ3) is 5.83. The molecule has 0 atom stereocenters. The molecule has 4 aromatic rings. The van der Waals surface area contributed by atoms with Gasteiger partial charge in [-0.1, -0.05) is 12.1 Å². The largest absolute Gasteiger partial charge is 0.487 e. The lowest BCUT2D eigenvalue weighted by Crippen LogP contribution is -2.28. The highest BCUT2D eigenvalue weighted by atomic mass is 19.4. The number of hydrogen-bond donors (Lipinski definition) is 2. The predicted molar refractivity (Wildman–Crippen MR) is 121 cm³/mol. The number of imidazole rings is 1. The van der Waals surface area contributed by atoms with Gasteiger partial charge in [0.15, 0.2) is 0 Å². The monoisotopic (exact) mass is 469 g/mol. The molecule has 0 aliphatic rings. The molecule has 7 nitrogen and oxygen atoms in total. The number of aryl methyl sites for hydroxylation is 1. The molecule has 0 saturated carbocycles. The van der Waals surface area contributed by atoms with Crippen LogP contribution in [0.25, 0.3) is 5.65 Å². The molecular formula is C24H22F3N5O2. The van der Waals surface area contributed by atoms with Crippen LogP contribution in [0.1, 0.15) is 27.2 Å². The minimum absolute atomic E-state index is 0.257. The average Bonchev–Trinajstić information content (AvgIpc) is 3.22. The number of halogens is 3. The Labute approximate surface area is 193 Å². The molecule has 1 aromatic carbocycles. The van der Waals surface area contributed by atoms with Crippen molar-refractivity contribution in [1.29, 1.82) is 0 Å². The van der Waals surface area contributed by atoms with Crippen LogP contribution in [0.4, 0.5) is 19.0 Å². The number of aromatic nitrogens is 3. The van der Waals surface area contributed by atoms with Gasteiger partial charge in [0.1, 0.15) is 23.8 Å². The molecule has 4 rings (SSSR count). The first kappa shape index (κ1) is 23.1. The molecule has 176 valence electrons. The number of amides is 1. The van der Waals surface area contributed by atoms with Crippen LogP contribution in [0.2, 0.25) is 0 Å². The maximum atomic E-state index is 12.6. The van der Waals surface area contributed by atoms with Crippen molar-refractivity contribution in [1.82, 2.24) is 19.7 Å². The zero-order valence-corrected chi connectivity index (χ0v) is 18.3. The van der Waals surface area contributed by atoms with E-state index in [2.05, 4.69) is 20.6 Å². The van der Waals surface area contributed by atoms with E-state index in [4.69, 9.17) is 4.74 Å². The Bertz CT molecular complexity index is 1290. The minimum atomic E-state index is -4.43. The van der Waals surface area contributed by atoms with Crippen molar-refractivity contribution in [2.24, 2.45) is 0 Å². The van der Waals surface area contributed by atoms with E-state index in [0.29, 0.717) is 23.7 Å². The molecule has 0 unspecified atom stereocenters. The number of ether oxygens (including phenoxy) is 1. The molecule has 0 aliphatic heterocycles. The number of anilines is 1. The van der Waals surface area contributed by atoms with E-state index in [1.165, 1.54) is 6.07 Å². The summed E-state index contributed by atoms with van der Waals surface area (Å²) in [6.45, 7) is 2.82. The molecule has 0 bridgehead atoms. The first-order valence-corrected chi connectivity index (χ1v) is 10.5. The van der Waals surface area contributed by atoms with E-state index < -0.39 is 11.7 Å². The van der Waals surface area contributed by atoms with Crippen molar-refractivity contribution in [3.8, 4) is 5.75 Å². The van der Waals surface area contributed by atoms with Crippen LogP contribution in [0.3, 0.4) is 0 Å². The van der Waals surface area contributed by atoms with E-state index in [-0.39, 0.29) is 19.1 Å². The maximum Gasteiger partial charge on any atom is 0.417 e. The molecule has 1 amide bonds. The van der Waals surface area contributed by atoms with Gasteiger partial charge in [-0.25, -0.2) is 9.97 Å². The highest BCUT2D eigenvalue weighted by Gasteiger charge is 2.30. The van der Waals surface area contributed by atoms with Crippen LogP contribution >= 0.6 is 0 Å². The van der Waals surface area contributed by atoms with E-state index in [1.54, 1.807) is 24.3 Å². The van der Waals surface area contributed by atoms with Crippen LogP contribution in [0.15, 0.2) is 67.1 Å². The number of hydrogen-bond acceptors (Lipinski definition) is 5. The first-order chi connectivity index (χ1) is 16.3. The molecule has 0 spiro atoms. The second-order valence-electron chi connectivity index (χ2n) is 7.63. The van der Waals surface area contributed by atoms with E-state index in [0.717, 1.165) is 29.2 Å². The number of fused-ring (bicyclic) bond motifs is 1. The van der Waals surface area contributed by atoms with Crippen molar-refractivity contribution >= 4 is 17.4 Å². The summed E-state index contributed by atoms with van der Waals surface area (Å²) in [7, 11) is 0. The van der Waals surface area contributed by atoms with Gasteiger partial charge >= 0.3 is 6.18 Å². The van der Waals surface area contributed by atoms with Gasteiger partial charge in [0.05, 0.1) is 11.3 Å². The fourth-order valence-corrected chi connectivity index (χ4v) is 3.24. The topological polar surface area (TPSA) is 80.5 Å². The van der Waals surface area contributed by atoms with Crippen LogP contribution in [-0.2, 0) is 12.8 Å². The summed E-state index contributed by atoms with van der Waals surface area (Å²) < 4.78 is 45.5. The Hall–Kier alpha value is -4.08. The van der Waals surface area contributed by atoms with Crippen molar-refractivity contribution in [3.63, 3.8) is 0 Å². The van der Waals surface area contributed by atoms with E-state index in [1.807, 2.05) is 35.9 Å². The summed E-state index contributed by atoms with van der Waals surface area (Å²) in [5.74, 6) is 0.531. The molecule has 10 heteroatoms. The van der Waals surface area contributed by atoms with Gasteiger partial charge in [0, 0.05) is 37.2 Å². The predicted octanol–water partition coefficient (Wildman–Crippen LogP) is 4.48. The second-order valence-corrected chi connectivity index (χ2v) is 7.63. The molecule has 34 heavy (non-hydrogen) atoms. The van der Waals surface area contributed by atoms with E-state index in [9.17, 15) is 18.0 Å². The number of benzene rings is 1. The third-order valence-corrected chi connectivity index (χ3v) is 4.94. The average molecular weight is 469 g/mol. The highest BCUT2D eigenvalue weighted by molar-refractivity contribution is 5.94. The Morgan fingerprint density at radius 1 is 1.09 bits per heavy atom. The third-order valence-electron chi connectivity index (χ3n) is 4.94. The van der Waals surface area contributed by atoms with Crippen molar-refractivity contribution in [2.75, 3.05) is 18.4 Å². The SMILES string of the molecule is Cc1ccc2nc(COc3cccc(C(=O)NCCNc4ccc(C(F)(F)F)cn4)c3)cn2c1. The van der Waals surface area contributed by atoms with Gasteiger partial charge in [0.25, 0.3) is 5.91 Å². The van der Waals surface area contributed by atoms with Gasteiger partial charge in [-0.05, 0) is 48.9 Å². The molecule has 3 heterocycles.